The van der Waals surface area contributed by atoms with Gasteiger partial charge in [-0.2, -0.15) is 0 Å². The molecule has 0 spiro atoms. The van der Waals surface area contributed by atoms with Gasteiger partial charge in [-0.05, 0) is 62.5 Å². The van der Waals surface area contributed by atoms with E-state index in [0.717, 1.165) is 56.0 Å². The Bertz CT molecular complexity index is 636. The smallest absolute Gasteiger partial charge is 0.221 e. The van der Waals surface area contributed by atoms with Crippen LogP contribution in [0.1, 0.15) is 31.2 Å². The first-order valence-corrected chi connectivity index (χ1v) is 9.52. The minimum absolute atomic E-state index is 0.0218. The fraction of sp³-hybridized carbons (Fsp3) is 0.600. The predicted molar refractivity (Wildman–Crippen MR) is 104 cm³/mol. The molecule has 3 N–H and O–H groups in total. The van der Waals surface area contributed by atoms with Crippen molar-refractivity contribution in [1.82, 2.24) is 10.2 Å². The van der Waals surface area contributed by atoms with Gasteiger partial charge in [-0.25, -0.2) is 0 Å². The zero-order chi connectivity index (χ0) is 19.6. The highest BCUT2D eigenvalue weighted by Gasteiger charge is 2.23. The number of carbonyl (C=O) groups excluding carboxylic acids is 2. The first kappa shape index (κ1) is 21.0. The summed E-state index contributed by atoms with van der Waals surface area (Å²) >= 11 is 0. The number of primary amides is 1. The topological polar surface area (TPSA) is 93.9 Å². The van der Waals surface area contributed by atoms with E-state index < -0.39 is 0 Å². The van der Waals surface area contributed by atoms with Gasteiger partial charge in [0.1, 0.15) is 11.5 Å². The lowest BCUT2D eigenvalue weighted by molar-refractivity contribution is -0.123. The molecular weight excluding hydrogens is 346 g/mol. The van der Waals surface area contributed by atoms with Crippen LogP contribution in [-0.2, 0) is 16.0 Å². The van der Waals surface area contributed by atoms with Crippen LogP contribution in [0.5, 0.6) is 11.5 Å². The summed E-state index contributed by atoms with van der Waals surface area (Å²) in [5.41, 5.74) is 6.36. The van der Waals surface area contributed by atoms with Gasteiger partial charge < -0.3 is 25.4 Å². The van der Waals surface area contributed by atoms with Crippen molar-refractivity contribution in [3.8, 4) is 11.5 Å². The molecule has 1 atom stereocenters. The third kappa shape index (κ3) is 6.75. The molecule has 1 aromatic carbocycles. The molecule has 0 aromatic heterocycles. The number of ether oxygens (including phenoxy) is 2. The minimum Gasteiger partial charge on any atom is -0.497 e. The van der Waals surface area contributed by atoms with Crippen LogP contribution in [0, 0.1) is 5.92 Å². The first-order valence-electron chi connectivity index (χ1n) is 9.52. The molecule has 27 heavy (non-hydrogen) atoms. The Labute approximate surface area is 161 Å². The predicted octanol–water partition coefficient (Wildman–Crippen LogP) is 1.34. The molecule has 0 saturated carbocycles. The third-order valence-electron chi connectivity index (χ3n) is 4.99. The van der Waals surface area contributed by atoms with Crippen molar-refractivity contribution in [2.45, 2.75) is 32.1 Å². The second-order valence-corrected chi connectivity index (χ2v) is 6.92. The molecule has 1 aliphatic heterocycles. The van der Waals surface area contributed by atoms with Crippen molar-refractivity contribution >= 4 is 11.8 Å². The first-order chi connectivity index (χ1) is 13.0. The zero-order valence-corrected chi connectivity index (χ0v) is 16.3. The lowest BCUT2D eigenvalue weighted by Crippen LogP contribution is -2.42. The summed E-state index contributed by atoms with van der Waals surface area (Å²) in [6.45, 7) is 3.23. The van der Waals surface area contributed by atoms with Crippen LogP contribution in [0.15, 0.2) is 18.2 Å². The maximum atomic E-state index is 12.1. The molecule has 1 aliphatic rings. The number of hydrogen-bond donors (Lipinski definition) is 2. The van der Waals surface area contributed by atoms with Gasteiger partial charge in [0.25, 0.3) is 0 Å². The van der Waals surface area contributed by atoms with Crippen molar-refractivity contribution in [1.29, 1.82) is 0 Å². The highest BCUT2D eigenvalue weighted by Crippen LogP contribution is 2.25. The number of amides is 2. The highest BCUT2D eigenvalue weighted by molar-refractivity contribution is 5.77. The fourth-order valence-corrected chi connectivity index (χ4v) is 3.44. The molecule has 2 amide bonds. The number of nitrogens with zero attached hydrogens (tertiary/aromatic N) is 1. The number of piperidine rings is 1. The number of hydrogen-bond acceptors (Lipinski definition) is 5. The third-order valence-corrected chi connectivity index (χ3v) is 4.99. The maximum absolute atomic E-state index is 12.1. The van der Waals surface area contributed by atoms with E-state index in [-0.39, 0.29) is 17.7 Å². The van der Waals surface area contributed by atoms with E-state index >= 15 is 0 Å². The molecule has 7 heteroatoms. The van der Waals surface area contributed by atoms with Gasteiger partial charge in [0, 0.05) is 19.5 Å². The summed E-state index contributed by atoms with van der Waals surface area (Å²) in [7, 11) is 3.24. The lowest BCUT2D eigenvalue weighted by Gasteiger charge is -2.31. The van der Waals surface area contributed by atoms with Crippen molar-refractivity contribution in [2.75, 3.05) is 40.4 Å². The average Bonchev–Trinajstić information content (AvgIpc) is 2.69. The van der Waals surface area contributed by atoms with E-state index in [9.17, 15) is 9.59 Å². The Morgan fingerprint density at radius 1 is 1.30 bits per heavy atom. The summed E-state index contributed by atoms with van der Waals surface area (Å²) in [6.07, 6.45) is 3.74. The van der Waals surface area contributed by atoms with Gasteiger partial charge in [-0.3, -0.25) is 9.59 Å². The second kappa shape index (κ2) is 10.8. The van der Waals surface area contributed by atoms with Gasteiger partial charge in [0.2, 0.25) is 11.8 Å². The van der Waals surface area contributed by atoms with E-state index in [0.29, 0.717) is 19.4 Å². The Morgan fingerprint density at radius 2 is 2.11 bits per heavy atom. The molecule has 1 aromatic rings. The van der Waals surface area contributed by atoms with Crippen LogP contribution in [0.4, 0.5) is 0 Å². The molecule has 0 aliphatic carbocycles. The van der Waals surface area contributed by atoms with Crippen LogP contribution >= 0.6 is 0 Å². The van der Waals surface area contributed by atoms with Gasteiger partial charge >= 0.3 is 0 Å². The quantitative estimate of drug-likeness (QED) is 0.600. The fourth-order valence-electron chi connectivity index (χ4n) is 3.44. The van der Waals surface area contributed by atoms with Crippen LogP contribution in [0.25, 0.3) is 0 Å². The van der Waals surface area contributed by atoms with Crippen LogP contribution in [0.3, 0.4) is 0 Å². The van der Waals surface area contributed by atoms with Gasteiger partial charge in [-0.15, -0.1) is 0 Å². The molecule has 0 bridgehead atoms. The van der Waals surface area contributed by atoms with Crippen molar-refractivity contribution in [3.63, 3.8) is 0 Å². The van der Waals surface area contributed by atoms with Crippen molar-refractivity contribution in [3.05, 3.63) is 23.8 Å². The summed E-state index contributed by atoms with van der Waals surface area (Å²) in [5, 5.41) is 2.96. The number of nitrogens with two attached hydrogens (primary N) is 1. The number of likely N-dealkylation sites (tertiary alicyclic amines) is 1. The highest BCUT2D eigenvalue weighted by atomic mass is 16.5. The maximum Gasteiger partial charge on any atom is 0.221 e. The molecule has 2 rings (SSSR count). The Balaban J connectivity index is 1.67. The van der Waals surface area contributed by atoms with Crippen LogP contribution < -0.4 is 20.5 Å². The number of benzene rings is 1. The molecule has 1 fully saturated rings. The van der Waals surface area contributed by atoms with E-state index in [2.05, 4.69) is 10.2 Å². The van der Waals surface area contributed by atoms with Gasteiger partial charge in [-0.1, -0.05) is 0 Å². The molecule has 7 nitrogen and oxygen atoms in total. The largest absolute Gasteiger partial charge is 0.497 e. The number of methoxy groups -OCH3 is 2. The molecule has 1 saturated heterocycles. The van der Waals surface area contributed by atoms with E-state index in [4.69, 9.17) is 15.2 Å². The Kier molecular flexibility index (Phi) is 8.39. The monoisotopic (exact) mass is 377 g/mol. The number of nitrogens with one attached hydrogen (secondary N) is 1. The molecular formula is C20H31N3O4. The van der Waals surface area contributed by atoms with E-state index in [1.54, 1.807) is 14.2 Å². The summed E-state index contributed by atoms with van der Waals surface area (Å²) < 4.78 is 10.6. The van der Waals surface area contributed by atoms with E-state index in [1.165, 1.54) is 0 Å². The number of rotatable bonds is 10. The summed E-state index contributed by atoms with van der Waals surface area (Å²) in [6, 6.07) is 5.59. The number of carbonyl (C=O) groups is 2. The van der Waals surface area contributed by atoms with Gasteiger partial charge in [0.05, 0.1) is 20.1 Å². The SMILES string of the molecule is COc1ccc(OC)c(CCC(=O)NCCCN2CCCC(C(N)=O)C2)c1. The van der Waals surface area contributed by atoms with Crippen LogP contribution in [0.2, 0.25) is 0 Å². The minimum atomic E-state index is -0.207. The molecule has 0 radical (unpaired) electrons. The zero-order valence-electron chi connectivity index (χ0n) is 16.3. The van der Waals surface area contributed by atoms with E-state index in [1.807, 2.05) is 18.2 Å². The second-order valence-electron chi connectivity index (χ2n) is 6.92. The van der Waals surface area contributed by atoms with Crippen molar-refractivity contribution in [2.24, 2.45) is 11.7 Å². The Morgan fingerprint density at radius 3 is 2.81 bits per heavy atom. The Hall–Kier alpha value is -2.28. The number of aryl methyl sites for hydroxylation is 1. The average molecular weight is 377 g/mol. The van der Waals surface area contributed by atoms with Gasteiger partial charge in [0.15, 0.2) is 0 Å². The summed E-state index contributed by atoms with van der Waals surface area (Å²) in [5.74, 6) is 1.29. The van der Waals surface area contributed by atoms with Crippen LogP contribution in [-0.4, -0.2) is 57.1 Å². The molecule has 150 valence electrons. The molecule has 1 heterocycles. The molecule has 1 unspecified atom stereocenters. The normalized spacial score (nSPS) is 17.3. The lowest BCUT2D eigenvalue weighted by atomic mass is 9.97. The van der Waals surface area contributed by atoms with Crippen molar-refractivity contribution < 1.29 is 19.1 Å². The standard InChI is InChI=1S/C20H31N3O4/c1-26-17-7-8-18(27-2)15(13-17)6-9-19(24)22-10-4-12-23-11-3-5-16(14-23)20(21)25/h7-8,13,16H,3-6,9-12,14H2,1-2H3,(H2,21,25)(H,22,24). The summed E-state index contributed by atoms with van der Waals surface area (Å²) in [4.78, 5) is 25.7.